The zero-order valence-electron chi connectivity index (χ0n) is 8.23. The minimum atomic E-state index is -0.834. The van der Waals surface area contributed by atoms with E-state index in [0.29, 0.717) is 0 Å². The first-order chi connectivity index (χ1) is 6.26. The number of rotatable bonds is 6. The van der Waals surface area contributed by atoms with Gasteiger partial charge in [0.1, 0.15) is 0 Å². The predicted octanol–water partition coefficient (Wildman–Crippen LogP) is 3.92. The number of hydrogen-bond acceptors (Lipinski definition) is 3. The molecule has 0 aromatic rings. The van der Waals surface area contributed by atoms with Crippen molar-refractivity contribution >= 4 is 32.4 Å². The van der Waals surface area contributed by atoms with Crippen LogP contribution in [0.25, 0.3) is 0 Å². The van der Waals surface area contributed by atoms with Crippen molar-refractivity contribution in [3.05, 3.63) is 23.0 Å². The summed E-state index contributed by atoms with van der Waals surface area (Å²) in [5.74, 6) is 0. The van der Waals surface area contributed by atoms with E-state index in [4.69, 9.17) is 0 Å². The van der Waals surface area contributed by atoms with Crippen molar-refractivity contribution in [2.75, 3.05) is 0 Å². The van der Waals surface area contributed by atoms with Crippen LogP contribution in [0.2, 0.25) is 0 Å². The molecule has 0 saturated heterocycles. The van der Waals surface area contributed by atoms with Crippen LogP contribution in [-0.2, 0) is 10.8 Å². The molecule has 0 spiro atoms. The topological polar surface area (TPSA) is 17.1 Å². The molecular weight excluding hydrogens is 220 g/mol. The monoisotopic (exact) mass is 236 g/mol. The largest absolute Gasteiger partial charge is 0.254 e. The van der Waals surface area contributed by atoms with E-state index in [1.807, 2.05) is 31.4 Å². The Bertz CT molecular complexity index is 199. The highest BCUT2D eigenvalue weighted by Gasteiger charge is 2.11. The zero-order chi connectivity index (χ0) is 10.1. The van der Waals surface area contributed by atoms with Crippen LogP contribution in [0.3, 0.4) is 0 Å². The van der Waals surface area contributed by atoms with E-state index >= 15 is 0 Å². The molecule has 0 amide bonds. The Labute approximate surface area is 91.3 Å². The standard InChI is InChI=1S/C9H16OS3/c1-4-7-11-12-9(6-3)13(10)8-5-2/h4-5,7-9H,6H2,1-3H3/b7-4+,8-5+. The third-order valence-electron chi connectivity index (χ3n) is 1.22. The summed E-state index contributed by atoms with van der Waals surface area (Å²) in [4.78, 5) is 0. The van der Waals surface area contributed by atoms with Gasteiger partial charge in [-0.15, -0.1) is 0 Å². The second-order valence-corrected chi connectivity index (χ2v) is 6.48. The van der Waals surface area contributed by atoms with Crippen molar-refractivity contribution in [1.29, 1.82) is 0 Å². The first-order valence-electron chi connectivity index (χ1n) is 4.21. The summed E-state index contributed by atoms with van der Waals surface area (Å²) in [5, 5.41) is 3.78. The Balaban J connectivity index is 3.94. The summed E-state index contributed by atoms with van der Waals surface area (Å²) in [6, 6.07) is 0. The van der Waals surface area contributed by atoms with Crippen LogP contribution < -0.4 is 0 Å². The molecule has 0 rings (SSSR count). The van der Waals surface area contributed by atoms with Crippen molar-refractivity contribution in [2.24, 2.45) is 0 Å². The molecule has 0 heterocycles. The average molecular weight is 236 g/mol. The van der Waals surface area contributed by atoms with Crippen molar-refractivity contribution in [2.45, 2.75) is 31.8 Å². The van der Waals surface area contributed by atoms with Gasteiger partial charge in [0.25, 0.3) is 0 Å². The third kappa shape index (κ3) is 6.41. The maximum atomic E-state index is 11.5. The summed E-state index contributed by atoms with van der Waals surface area (Å²) < 4.78 is 11.7. The molecule has 0 N–H and O–H groups in total. The molecule has 13 heavy (non-hydrogen) atoms. The van der Waals surface area contributed by atoms with Crippen molar-refractivity contribution < 1.29 is 4.21 Å². The van der Waals surface area contributed by atoms with Gasteiger partial charge in [-0.25, -0.2) is 0 Å². The quantitative estimate of drug-likeness (QED) is 0.651. The maximum absolute atomic E-state index is 11.5. The molecule has 0 aromatic heterocycles. The van der Waals surface area contributed by atoms with Gasteiger partial charge in [0.15, 0.2) is 0 Å². The minimum absolute atomic E-state index is 0.206. The SMILES string of the molecule is C/C=C/SSC(CC)S(=O)/C=C/C. The van der Waals surface area contributed by atoms with Gasteiger partial charge >= 0.3 is 0 Å². The van der Waals surface area contributed by atoms with Crippen LogP contribution in [0.5, 0.6) is 0 Å². The first-order valence-corrected chi connectivity index (χ1v) is 7.77. The van der Waals surface area contributed by atoms with Gasteiger partial charge in [-0.3, -0.25) is 4.21 Å². The lowest BCUT2D eigenvalue weighted by atomic mass is 10.6. The van der Waals surface area contributed by atoms with E-state index in [1.165, 1.54) is 0 Å². The van der Waals surface area contributed by atoms with E-state index in [-0.39, 0.29) is 4.58 Å². The second kappa shape index (κ2) is 8.91. The number of hydrogen-bond donors (Lipinski definition) is 0. The molecule has 0 aliphatic carbocycles. The van der Waals surface area contributed by atoms with Crippen LogP contribution in [0.1, 0.15) is 27.2 Å². The molecule has 0 aliphatic rings. The Morgan fingerprint density at radius 2 is 2.08 bits per heavy atom. The summed E-state index contributed by atoms with van der Waals surface area (Å²) in [5.41, 5.74) is 0. The van der Waals surface area contributed by atoms with E-state index in [2.05, 4.69) is 6.92 Å². The first kappa shape index (κ1) is 13.3. The molecule has 0 aromatic carbocycles. The molecule has 76 valence electrons. The Morgan fingerprint density at radius 3 is 2.54 bits per heavy atom. The molecule has 4 heteroatoms. The predicted molar refractivity (Wildman–Crippen MR) is 67.0 cm³/mol. The molecule has 0 bridgehead atoms. The van der Waals surface area contributed by atoms with Crippen LogP contribution in [0.15, 0.2) is 23.0 Å². The fraction of sp³-hybridized carbons (Fsp3) is 0.556. The fourth-order valence-electron chi connectivity index (χ4n) is 0.642. The minimum Gasteiger partial charge on any atom is -0.254 e. The van der Waals surface area contributed by atoms with Gasteiger partial charge in [-0.2, -0.15) is 0 Å². The fourth-order valence-corrected chi connectivity index (χ4v) is 4.76. The Morgan fingerprint density at radius 1 is 1.38 bits per heavy atom. The summed E-state index contributed by atoms with van der Waals surface area (Å²) in [6.07, 6.45) is 4.77. The molecule has 2 atom stereocenters. The summed E-state index contributed by atoms with van der Waals surface area (Å²) >= 11 is 0. The lowest BCUT2D eigenvalue weighted by Gasteiger charge is -2.08. The smallest absolute Gasteiger partial charge is 0.0945 e. The van der Waals surface area contributed by atoms with Gasteiger partial charge in [0, 0.05) is 0 Å². The molecule has 1 nitrogen and oxygen atoms in total. The Hall–Kier alpha value is 0.330. The van der Waals surface area contributed by atoms with E-state index in [1.54, 1.807) is 27.0 Å². The second-order valence-electron chi connectivity index (χ2n) is 2.30. The highest BCUT2D eigenvalue weighted by atomic mass is 33.1. The molecule has 2 unspecified atom stereocenters. The van der Waals surface area contributed by atoms with E-state index in [0.717, 1.165) is 6.42 Å². The van der Waals surface area contributed by atoms with Crippen LogP contribution in [-0.4, -0.2) is 8.79 Å². The molecule has 0 aliphatic heterocycles. The lowest BCUT2D eigenvalue weighted by Crippen LogP contribution is -2.04. The van der Waals surface area contributed by atoms with Gasteiger partial charge in [0.2, 0.25) is 0 Å². The van der Waals surface area contributed by atoms with E-state index < -0.39 is 10.8 Å². The summed E-state index contributed by atoms with van der Waals surface area (Å²) in [6.45, 7) is 5.95. The highest BCUT2D eigenvalue weighted by Crippen LogP contribution is 2.31. The third-order valence-corrected chi connectivity index (χ3v) is 6.24. The molecule has 0 saturated carbocycles. The van der Waals surface area contributed by atoms with Crippen molar-refractivity contribution in [1.82, 2.24) is 0 Å². The lowest BCUT2D eigenvalue weighted by molar-refractivity contribution is 0.685. The zero-order valence-corrected chi connectivity index (χ0v) is 10.7. The molecule has 0 fully saturated rings. The van der Waals surface area contributed by atoms with Crippen LogP contribution in [0, 0.1) is 0 Å². The molecular formula is C9H16OS3. The average Bonchev–Trinajstić information content (AvgIpc) is 2.13. The summed E-state index contributed by atoms with van der Waals surface area (Å²) in [7, 11) is 2.49. The van der Waals surface area contributed by atoms with Gasteiger partial charge in [-0.05, 0) is 31.1 Å². The van der Waals surface area contributed by atoms with Gasteiger partial charge < -0.3 is 0 Å². The highest BCUT2D eigenvalue weighted by molar-refractivity contribution is 8.79. The van der Waals surface area contributed by atoms with Gasteiger partial charge in [-0.1, -0.05) is 40.7 Å². The Kier molecular flexibility index (Phi) is 9.13. The van der Waals surface area contributed by atoms with Crippen LogP contribution in [0.4, 0.5) is 0 Å². The van der Waals surface area contributed by atoms with Crippen LogP contribution >= 0.6 is 21.6 Å². The van der Waals surface area contributed by atoms with Crippen molar-refractivity contribution in [3.63, 3.8) is 0 Å². The van der Waals surface area contributed by atoms with E-state index in [9.17, 15) is 4.21 Å². The number of allylic oxidation sites excluding steroid dienone is 2. The van der Waals surface area contributed by atoms with Crippen molar-refractivity contribution in [3.8, 4) is 0 Å². The molecule has 0 radical (unpaired) electrons. The van der Waals surface area contributed by atoms with Gasteiger partial charge in [0.05, 0.1) is 15.4 Å². The maximum Gasteiger partial charge on any atom is 0.0945 e. The normalized spacial score (nSPS) is 16.8.